The molecule has 1 atom stereocenters. The van der Waals surface area contributed by atoms with E-state index in [2.05, 4.69) is 61.2 Å². The fraction of sp³-hybridized carbons (Fsp3) is 0.467. The summed E-state index contributed by atoms with van der Waals surface area (Å²) in [5.74, 6) is 0. The molecule has 1 aliphatic heterocycles. The first kappa shape index (κ1) is 11.8. The molecule has 2 aromatic rings. The van der Waals surface area contributed by atoms with Crippen molar-refractivity contribution in [2.75, 3.05) is 13.2 Å². The number of morpholine rings is 1. The van der Waals surface area contributed by atoms with Crippen LogP contribution in [0.3, 0.4) is 0 Å². The largest absolute Gasteiger partial charge is 0.378 e. The Hall–Kier alpha value is -1.32. The molecule has 96 valence electrons. The number of rotatable bonds is 1. The Morgan fingerprint density at radius 1 is 1.33 bits per heavy atom. The van der Waals surface area contributed by atoms with Crippen LogP contribution in [0.25, 0.3) is 10.9 Å². The zero-order valence-corrected chi connectivity index (χ0v) is 11.2. The van der Waals surface area contributed by atoms with Gasteiger partial charge in [0.1, 0.15) is 0 Å². The Labute approximate surface area is 108 Å². The van der Waals surface area contributed by atoms with Gasteiger partial charge in [0, 0.05) is 29.7 Å². The van der Waals surface area contributed by atoms with Crippen molar-refractivity contribution in [2.45, 2.75) is 25.4 Å². The Kier molecular flexibility index (Phi) is 2.68. The summed E-state index contributed by atoms with van der Waals surface area (Å²) in [5.41, 5.74) is 2.65. The highest BCUT2D eigenvalue weighted by atomic mass is 16.5. The van der Waals surface area contributed by atoms with E-state index in [1.54, 1.807) is 0 Å². The highest BCUT2D eigenvalue weighted by molar-refractivity contribution is 5.84. The van der Waals surface area contributed by atoms with E-state index in [1.165, 1.54) is 16.5 Å². The Morgan fingerprint density at radius 2 is 2.11 bits per heavy atom. The summed E-state index contributed by atoms with van der Waals surface area (Å²) in [5, 5.41) is 4.99. The van der Waals surface area contributed by atoms with Crippen LogP contribution in [0.1, 0.15) is 25.5 Å². The van der Waals surface area contributed by atoms with Gasteiger partial charge in [-0.15, -0.1) is 0 Å². The number of nitrogens with zero attached hydrogens (tertiary/aromatic N) is 1. The van der Waals surface area contributed by atoms with Gasteiger partial charge < -0.3 is 14.6 Å². The van der Waals surface area contributed by atoms with Crippen molar-refractivity contribution in [2.24, 2.45) is 7.05 Å². The van der Waals surface area contributed by atoms with Crippen molar-refractivity contribution in [3.05, 3.63) is 36.0 Å². The van der Waals surface area contributed by atoms with E-state index in [9.17, 15) is 0 Å². The number of nitrogens with one attached hydrogen (secondary N) is 1. The molecule has 18 heavy (non-hydrogen) atoms. The van der Waals surface area contributed by atoms with Crippen LogP contribution in [0.2, 0.25) is 0 Å². The molecule has 0 saturated carbocycles. The van der Waals surface area contributed by atoms with Gasteiger partial charge in [-0.1, -0.05) is 18.2 Å². The predicted octanol–water partition coefficient (Wildman–Crippen LogP) is 2.62. The zero-order valence-electron chi connectivity index (χ0n) is 11.2. The van der Waals surface area contributed by atoms with Crippen molar-refractivity contribution in [3.8, 4) is 0 Å². The summed E-state index contributed by atoms with van der Waals surface area (Å²) < 4.78 is 7.93. The first-order chi connectivity index (χ1) is 8.57. The third-order valence-electron chi connectivity index (χ3n) is 3.62. The Bertz CT molecular complexity index is 571. The fourth-order valence-corrected chi connectivity index (χ4v) is 2.81. The van der Waals surface area contributed by atoms with Gasteiger partial charge in [-0.25, -0.2) is 0 Å². The quantitative estimate of drug-likeness (QED) is 0.834. The van der Waals surface area contributed by atoms with Crippen LogP contribution in [-0.4, -0.2) is 23.3 Å². The number of hydrogen-bond donors (Lipinski definition) is 1. The first-order valence-corrected chi connectivity index (χ1v) is 6.46. The van der Waals surface area contributed by atoms with Gasteiger partial charge in [-0.05, 0) is 25.5 Å². The average molecular weight is 244 g/mol. The van der Waals surface area contributed by atoms with Gasteiger partial charge in [0.15, 0.2) is 0 Å². The molecule has 1 fully saturated rings. The van der Waals surface area contributed by atoms with Crippen LogP contribution in [0.5, 0.6) is 0 Å². The van der Waals surface area contributed by atoms with Gasteiger partial charge in [0.25, 0.3) is 0 Å². The van der Waals surface area contributed by atoms with E-state index in [-0.39, 0.29) is 11.6 Å². The van der Waals surface area contributed by atoms with Crippen molar-refractivity contribution in [1.29, 1.82) is 0 Å². The highest BCUT2D eigenvalue weighted by Gasteiger charge is 2.30. The lowest BCUT2D eigenvalue weighted by Crippen LogP contribution is -2.51. The third kappa shape index (κ3) is 1.93. The lowest BCUT2D eigenvalue weighted by molar-refractivity contribution is 0.0131. The van der Waals surface area contributed by atoms with Gasteiger partial charge in [-0.2, -0.15) is 0 Å². The lowest BCUT2D eigenvalue weighted by atomic mass is 9.98. The maximum atomic E-state index is 5.74. The molecule has 0 radical (unpaired) electrons. The summed E-state index contributed by atoms with van der Waals surface area (Å²) >= 11 is 0. The molecule has 1 aromatic carbocycles. The van der Waals surface area contributed by atoms with Gasteiger partial charge in [0.05, 0.1) is 19.3 Å². The molecular weight excluding hydrogens is 224 g/mol. The number of fused-ring (bicyclic) bond motifs is 1. The molecule has 2 heterocycles. The van der Waals surface area contributed by atoms with Crippen molar-refractivity contribution >= 4 is 10.9 Å². The van der Waals surface area contributed by atoms with Gasteiger partial charge in [0.2, 0.25) is 0 Å². The average Bonchev–Trinajstić information content (AvgIpc) is 2.66. The number of aromatic nitrogens is 1. The fourth-order valence-electron chi connectivity index (χ4n) is 2.81. The molecule has 1 N–H and O–H groups in total. The van der Waals surface area contributed by atoms with Crippen molar-refractivity contribution < 1.29 is 4.74 Å². The molecule has 0 bridgehead atoms. The molecule has 3 rings (SSSR count). The molecule has 3 heteroatoms. The molecule has 0 spiro atoms. The smallest absolute Gasteiger partial charge is 0.0663 e. The standard InChI is InChI=1S/C15H20N2O/c1-15(2)10-18-9-13(16-15)12-8-17(3)14-7-5-4-6-11(12)14/h4-8,13,16H,9-10H2,1-3H3. The van der Waals surface area contributed by atoms with E-state index in [0.717, 1.165) is 13.2 Å². The normalized spacial score (nSPS) is 23.4. The SMILES string of the molecule is Cn1cc(C2COCC(C)(C)N2)c2ccccc21. The van der Waals surface area contributed by atoms with Crippen LogP contribution >= 0.6 is 0 Å². The van der Waals surface area contributed by atoms with E-state index in [4.69, 9.17) is 4.74 Å². The number of aryl methyl sites for hydroxylation is 1. The summed E-state index contributed by atoms with van der Waals surface area (Å²) in [6, 6.07) is 8.81. The van der Waals surface area contributed by atoms with E-state index in [0.29, 0.717) is 0 Å². The Balaban J connectivity index is 2.04. The van der Waals surface area contributed by atoms with Crippen LogP contribution in [0.4, 0.5) is 0 Å². The molecule has 0 amide bonds. The Morgan fingerprint density at radius 3 is 2.89 bits per heavy atom. The van der Waals surface area contributed by atoms with Crippen molar-refractivity contribution in [1.82, 2.24) is 9.88 Å². The maximum Gasteiger partial charge on any atom is 0.0663 e. The molecule has 1 aromatic heterocycles. The molecular formula is C15H20N2O. The number of hydrogen-bond acceptors (Lipinski definition) is 2. The van der Waals surface area contributed by atoms with Crippen LogP contribution in [-0.2, 0) is 11.8 Å². The second-order valence-electron chi connectivity index (χ2n) is 5.81. The van der Waals surface area contributed by atoms with E-state index in [1.807, 2.05) is 0 Å². The number of benzene rings is 1. The summed E-state index contributed by atoms with van der Waals surface area (Å²) in [6.07, 6.45) is 2.22. The van der Waals surface area contributed by atoms with Crippen LogP contribution in [0, 0.1) is 0 Å². The minimum absolute atomic E-state index is 0.0415. The number of ether oxygens (including phenoxy) is 1. The number of para-hydroxylation sites is 1. The van der Waals surface area contributed by atoms with Gasteiger partial charge >= 0.3 is 0 Å². The predicted molar refractivity (Wildman–Crippen MR) is 73.7 cm³/mol. The van der Waals surface area contributed by atoms with Gasteiger partial charge in [-0.3, -0.25) is 0 Å². The monoisotopic (exact) mass is 244 g/mol. The highest BCUT2D eigenvalue weighted by Crippen LogP contribution is 2.29. The van der Waals surface area contributed by atoms with E-state index < -0.39 is 0 Å². The molecule has 0 aliphatic carbocycles. The second kappa shape index (κ2) is 4.11. The topological polar surface area (TPSA) is 26.2 Å². The summed E-state index contributed by atoms with van der Waals surface area (Å²) in [6.45, 7) is 5.89. The minimum Gasteiger partial charge on any atom is -0.378 e. The maximum absolute atomic E-state index is 5.74. The lowest BCUT2D eigenvalue weighted by Gasteiger charge is -2.37. The second-order valence-corrected chi connectivity index (χ2v) is 5.81. The van der Waals surface area contributed by atoms with Crippen LogP contribution in [0.15, 0.2) is 30.5 Å². The molecule has 1 aliphatic rings. The zero-order chi connectivity index (χ0) is 12.8. The summed E-state index contributed by atoms with van der Waals surface area (Å²) in [7, 11) is 2.10. The van der Waals surface area contributed by atoms with Crippen molar-refractivity contribution in [3.63, 3.8) is 0 Å². The van der Waals surface area contributed by atoms with Crippen LogP contribution < -0.4 is 5.32 Å². The molecule has 1 saturated heterocycles. The molecule has 1 unspecified atom stereocenters. The minimum atomic E-state index is 0.0415. The summed E-state index contributed by atoms with van der Waals surface area (Å²) in [4.78, 5) is 0. The first-order valence-electron chi connectivity index (χ1n) is 6.46. The third-order valence-corrected chi connectivity index (χ3v) is 3.62. The molecule has 3 nitrogen and oxygen atoms in total. The van der Waals surface area contributed by atoms with E-state index >= 15 is 0 Å².